The van der Waals surface area contributed by atoms with Gasteiger partial charge in [0, 0.05) is 55.3 Å². The monoisotopic (exact) mass is 367 g/mol. The summed E-state index contributed by atoms with van der Waals surface area (Å²) in [7, 11) is 0. The smallest absolute Gasteiger partial charge is 0.270 e. The lowest BCUT2D eigenvalue weighted by atomic mass is 9.81. The van der Waals surface area contributed by atoms with E-state index in [0.717, 1.165) is 10.9 Å². The Labute approximate surface area is 158 Å². The zero-order chi connectivity index (χ0) is 19.0. The van der Waals surface area contributed by atoms with E-state index in [1.54, 1.807) is 0 Å². The predicted molar refractivity (Wildman–Crippen MR) is 102 cm³/mol. The van der Waals surface area contributed by atoms with Crippen LogP contribution in [0.1, 0.15) is 36.7 Å². The summed E-state index contributed by atoms with van der Waals surface area (Å²) in [6, 6.07) is 9.72. The van der Waals surface area contributed by atoms with Crippen molar-refractivity contribution in [2.24, 2.45) is 11.8 Å². The Kier molecular flexibility index (Phi) is 4.72. The van der Waals surface area contributed by atoms with Crippen molar-refractivity contribution < 1.29 is 14.4 Å². The first-order valence-corrected chi connectivity index (χ1v) is 9.71. The Morgan fingerprint density at radius 1 is 1.07 bits per heavy atom. The second kappa shape index (κ2) is 7.18. The number of nitrogens with zero attached hydrogens (tertiary/aromatic N) is 2. The number of aromatic amines is 1. The molecule has 1 aromatic heterocycles. The van der Waals surface area contributed by atoms with Gasteiger partial charge in [0.05, 0.1) is 0 Å². The number of benzene rings is 1. The predicted octanol–water partition coefficient (Wildman–Crippen LogP) is 2.46. The molecule has 1 aliphatic heterocycles. The van der Waals surface area contributed by atoms with Gasteiger partial charge in [-0.05, 0) is 25.0 Å². The number of nitrogens with one attached hydrogen (secondary N) is 1. The molecule has 0 bridgehead atoms. The van der Waals surface area contributed by atoms with Crippen LogP contribution >= 0.6 is 0 Å². The molecule has 27 heavy (non-hydrogen) atoms. The molecule has 0 spiro atoms. The molecule has 2 atom stereocenters. The van der Waals surface area contributed by atoms with Crippen LogP contribution < -0.4 is 0 Å². The Morgan fingerprint density at radius 2 is 1.78 bits per heavy atom. The third kappa shape index (κ3) is 3.48. The number of H-pyrrole nitrogens is 1. The molecule has 0 radical (unpaired) electrons. The summed E-state index contributed by atoms with van der Waals surface area (Å²) in [4.78, 5) is 44.1. The lowest BCUT2D eigenvalue weighted by Crippen LogP contribution is -2.52. The van der Waals surface area contributed by atoms with E-state index < -0.39 is 0 Å². The number of amides is 2. The van der Waals surface area contributed by atoms with E-state index in [0.29, 0.717) is 51.1 Å². The van der Waals surface area contributed by atoms with Crippen molar-refractivity contribution in [2.75, 3.05) is 26.2 Å². The van der Waals surface area contributed by atoms with Crippen molar-refractivity contribution in [1.82, 2.24) is 14.8 Å². The normalized spacial score (nSPS) is 23.7. The summed E-state index contributed by atoms with van der Waals surface area (Å²) >= 11 is 0. The Bertz CT molecular complexity index is 847. The quantitative estimate of drug-likeness (QED) is 0.886. The Hall–Kier alpha value is -2.63. The Morgan fingerprint density at radius 3 is 2.48 bits per heavy atom. The molecule has 2 aromatic rings. The van der Waals surface area contributed by atoms with E-state index in [1.807, 2.05) is 47.1 Å². The van der Waals surface area contributed by atoms with Crippen LogP contribution in [0.5, 0.6) is 0 Å². The van der Waals surface area contributed by atoms with Crippen molar-refractivity contribution >= 4 is 28.5 Å². The summed E-state index contributed by atoms with van der Waals surface area (Å²) in [5, 5.41) is 1.02. The second-order valence-corrected chi connectivity index (χ2v) is 7.73. The van der Waals surface area contributed by atoms with Gasteiger partial charge < -0.3 is 14.8 Å². The van der Waals surface area contributed by atoms with Gasteiger partial charge in [-0.2, -0.15) is 0 Å². The van der Waals surface area contributed by atoms with Crippen LogP contribution in [-0.4, -0.2) is 58.6 Å². The van der Waals surface area contributed by atoms with Gasteiger partial charge in [0.1, 0.15) is 11.5 Å². The van der Waals surface area contributed by atoms with Crippen LogP contribution in [0.4, 0.5) is 0 Å². The van der Waals surface area contributed by atoms with Crippen LogP contribution in [0.3, 0.4) is 0 Å². The van der Waals surface area contributed by atoms with E-state index in [9.17, 15) is 14.4 Å². The molecular formula is C21H25N3O3. The highest BCUT2D eigenvalue weighted by atomic mass is 16.2. The number of Topliss-reactive ketones (excluding diaryl/α,β-unsaturated/α-hetero) is 1. The molecule has 2 heterocycles. The zero-order valence-electron chi connectivity index (χ0n) is 15.6. The molecule has 1 saturated carbocycles. The van der Waals surface area contributed by atoms with Crippen LogP contribution in [0.15, 0.2) is 30.3 Å². The number of para-hydroxylation sites is 1. The standard InChI is InChI=1S/C21H25N3O3/c1-14-12-16(6-7-19(14)25)20(26)23-8-10-24(11-9-23)21(27)18-13-15-4-2-3-5-17(15)22-18/h2-5,13-14,16,22H,6-12H2,1H3. The zero-order valence-corrected chi connectivity index (χ0v) is 15.6. The van der Waals surface area contributed by atoms with E-state index in [4.69, 9.17) is 0 Å². The molecular weight excluding hydrogens is 342 g/mol. The number of carbonyl (C=O) groups excluding carboxylic acids is 3. The minimum Gasteiger partial charge on any atom is -0.351 e. The van der Waals surface area contributed by atoms with Gasteiger partial charge >= 0.3 is 0 Å². The summed E-state index contributed by atoms with van der Waals surface area (Å²) in [6.07, 6.45) is 1.83. The third-order valence-corrected chi connectivity index (χ3v) is 5.92. The SMILES string of the molecule is CC1CC(C(=O)N2CCN(C(=O)c3cc4ccccc4[nH]3)CC2)CCC1=O. The van der Waals surface area contributed by atoms with Gasteiger partial charge in [0.25, 0.3) is 5.91 Å². The highest BCUT2D eigenvalue weighted by molar-refractivity contribution is 5.98. The number of hydrogen-bond donors (Lipinski definition) is 1. The lowest BCUT2D eigenvalue weighted by Gasteiger charge is -2.37. The summed E-state index contributed by atoms with van der Waals surface area (Å²) in [6.45, 7) is 4.12. The minimum absolute atomic E-state index is 0.0161. The molecule has 1 aliphatic carbocycles. The molecule has 1 aromatic carbocycles. The molecule has 2 aliphatic rings. The molecule has 1 saturated heterocycles. The molecule has 142 valence electrons. The maximum atomic E-state index is 12.8. The number of ketones is 1. The van der Waals surface area contributed by atoms with Gasteiger partial charge in [-0.15, -0.1) is 0 Å². The van der Waals surface area contributed by atoms with Crippen molar-refractivity contribution in [3.8, 4) is 0 Å². The van der Waals surface area contributed by atoms with Crippen molar-refractivity contribution in [3.05, 3.63) is 36.0 Å². The number of rotatable bonds is 2. The molecule has 4 rings (SSSR count). The topological polar surface area (TPSA) is 73.5 Å². The van der Waals surface area contributed by atoms with Crippen LogP contribution in [0.2, 0.25) is 0 Å². The van der Waals surface area contributed by atoms with Gasteiger partial charge in [0.2, 0.25) is 5.91 Å². The van der Waals surface area contributed by atoms with Crippen molar-refractivity contribution in [2.45, 2.75) is 26.2 Å². The molecule has 1 N–H and O–H groups in total. The molecule has 6 heteroatoms. The van der Waals surface area contributed by atoms with Crippen LogP contribution in [0, 0.1) is 11.8 Å². The maximum Gasteiger partial charge on any atom is 0.270 e. The highest BCUT2D eigenvalue weighted by Crippen LogP contribution is 2.28. The second-order valence-electron chi connectivity index (χ2n) is 7.73. The van der Waals surface area contributed by atoms with Crippen molar-refractivity contribution in [3.63, 3.8) is 0 Å². The van der Waals surface area contributed by atoms with Crippen LogP contribution in [-0.2, 0) is 9.59 Å². The first-order valence-electron chi connectivity index (χ1n) is 9.71. The average Bonchev–Trinajstić information content (AvgIpc) is 3.13. The third-order valence-electron chi connectivity index (χ3n) is 5.92. The first-order chi connectivity index (χ1) is 13.0. The maximum absolute atomic E-state index is 12.8. The summed E-state index contributed by atoms with van der Waals surface area (Å²) in [5.41, 5.74) is 1.55. The average molecular weight is 367 g/mol. The number of aromatic nitrogens is 1. The fourth-order valence-corrected chi connectivity index (χ4v) is 4.21. The van der Waals surface area contributed by atoms with E-state index in [2.05, 4.69) is 4.98 Å². The van der Waals surface area contributed by atoms with Gasteiger partial charge in [-0.3, -0.25) is 14.4 Å². The van der Waals surface area contributed by atoms with Gasteiger partial charge in [-0.1, -0.05) is 25.1 Å². The summed E-state index contributed by atoms with van der Waals surface area (Å²) in [5.74, 6) is 0.335. The van der Waals surface area contributed by atoms with Gasteiger partial charge in [-0.25, -0.2) is 0 Å². The molecule has 2 unspecified atom stereocenters. The van der Waals surface area contributed by atoms with Gasteiger partial charge in [0.15, 0.2) is 0 Å². The summed E-state index contributed by atoms with van der Waals surface area (Å²) < 4.78 is 0. The van der Waals surface area contributed by atoms with E-state index in [-0.39, 0.29) is 29.4 Å². The minimum atomic E-state index is -0.0475. The highest BCUT2D eigenvalue weighted by Gasteiger charge is 2.34. The Balaban J connectivity index is 1.36. The number of hydrogen-bond acceptors (Lipinski definition) is 3. The largest absolute Gasteiger partial charge is 0.351 e. The van der Waals surface area contributed by atoms with Crippen LogP contribution in [0.25, 0.3) is 10.9 Å². The fourth-order valence-electron chi connectivity index (χ4n) is 4.21. The first kappa shape index (κ1) is 17.8. The molecule has 2 fully saturated rings. The van der Waals surface area contributed by atoms with E-state index in [1.165, 1.54) is 0 Å². The van der Waals surface area contributed by atoms with Crippen molar-refractivity contribution in [1.29, 1.82) is 0 Å². The number of fused-ring (bicyclic) bond motifs is 1. The number of piperazine rings is 1. The molecule has 6 nitrogen and oxygen atoms in total. The number of carbonyl (C=O) groups is 3. The fraction of sp³-hybridized carbons (Fsp3) is 0.476. The molecule has 2 amide bonds. The lowest BCUT2D eigenvalue weighted by molar-refractivity contribution is -0.140. The van der Waals surface area contributed by atoms with E-state index >= 15 is 0 Å².